The summed E-state index contributed by atoms with van der Waals surface area (Å²) in [4.78, 5) is 9.06. The van der Waals surface area contributed by atoms with E-state index in [2.05, 4.69) is 95.4 Å². The van der Waals surface area contributed by atoms with Crippen molar-refractivity contribution in [2.45, 2.75) is 114 Å². The van der Waals surface area contributed by atoms with Crippen LogP contribution in [-0.2, 0) is 19.2 Å². The maximum atomic E-state index is 11.0. The fraction of sp³-hybridized carbons (Fsp3) is 0.714. The van der Waals surface area contributed by atoms with Crippen molar-refractivity contribution in [2.24, 2.45) is 5.41 Å². The number of rotatable bonds is 9. The van der Waals surface area contributed by atoms with Gasteiger partial charge in [-0.05, 0) is 49.4 Å². The first-order valence-electron chi connectivity index (χ1n) is 13.6. The SMILES string of the molecule is C=CC[C@@]1(c2cnc3c(SC)ncnn23)O[C@H](CO[Si](C)(C)C(C)(C)C)[C@@H](O[Si](C)(C)C(C)(C)C)[C@@]1(C)C#N. The quantitative estimate of drug-likeness (QED) is 0.176. The molecule has 0 aliphatic carbocycles. The minimum Gasteiger partial charge on any atom is -0.414 e. The molecule has 2 aromatic heterocycles. The zero-order valence-corrected chi connectivity index (χ0v) is 28.7. The Morgan fingerprint density at radius 1 is 1.15 bits per heavy atom. The second-order valence-corrected chi connectivity index (χ2v) is 24.2. The third-order valence-corrected chi connectivity index (χ3v) is 18.9. The monoisotopic (exact) mass is 589 g/mol. The van der Waals surface area contributed by atoms with E-state index in [0.717, 1.165) is 5.03 Å². The van der Waals surface area contributed by atoms with Crippen molar-refractivity contribution in [2.75, 3.05) is 12.9 Å². The van der Waals surface area contributed by atoms with Gasteiger partial charge in [0.15, 0.2) is 22.3 Å². The highest BCUT2D eigenvalue weighted by atomic mass is 32.2. The van der Waals surface area contributed by atoms with Gasteiger partial charge in [-0.2, -0.15) is 10.4 Å². The highest BCUT2D eigenvalue weighted by Crippen LogP contribution is 2.57. The molecule has 0 spiro atoms. The van der Waals surface area contributed by atoms with Gasteiger partial charge in [0.25, 0.3) is 0 Å². The molecule has 2 aromatic rings. The van der Waals surface area contributed by atoms with Crippen molar-refractivity contribution < 1.29 is 13.6 Å². The zero-order chi connectivity index (χ0) is 29.7. The normalized spacial score (nSPS) is 26.6. The van der Waals surface area contributed by atoms with Crippen molar-refractivity contribution in [1.82, 2.24) is 19.6 Å². The Morgan fingerprint density at radius 2 is 1.77 bits per heavy atom. The van der Waals surface area contributed by atoms with Gasteiger partial charge in [-0.15, -0.1) is 18.3 Å². The summed E-state index contributed by atoms with van der Waals surface area (Å²) in [6, 6.07) is 2.67. The van der Waals surface area contributed by atoms with Crippen molar-refractivity contribution in [3.63, 3.8) is 0 Å². The Kier molecular flexibility index (Phi) is 8.76. The number of hydrogen-bond acceptors (Lipinski definition) is 8. The van der Waals surface area contributed by atoms with Crippen LogP contribution < -0.4 is 0 Å². The Morgan fingerprint density at radius 3 is 2.28 bits per heavy atom. The van der Waals surface area contributed by atoms with Crippen LogP contribution in [0.1, 0.15) is 60.6 Å². The first-order chi connectivity index (χ1) is 17.8. The van der Waals surface area contributed by atoms with E-state index >= 15 is 0 Å². The number of aromatic nitrogens is 4. The van der Waals surface area contributed by atoms with Gasteiger partial charge in [0.05, 0.1) is 30.7 Å². The van der Waals surface area contributed by atoms with Crippen LogP contribution in [0.2, 0.25) is 36.3 Å². The van der Waals surface area contributed by atoms with Gasteiger partial charge < -0.3 is 13.6 Å². The summed E-state index contributed by atoms with van der Waals surface area (Å²) in [5, 5.41) is 16.3. The number of nitrogens with zero attached hydrogens (tertiary/aromatic N) is 5. The summed E-state index contributed by atoms with van der Waals surface area (Å²) >= 11 is 1.50. The van der Waals surface area contributed by atoms with Gasteiger partial charge in [-0.25, -0.2) is 14.5 Å². The fourth-order valence-electron chi connectivity index (χ4n) is 4.62. The molecule has 0 amide bonds. The molecule has 0 saturated carbocycles. The van der Waals surface area contributed by atoms with E-state index < -0.39 is 39.9 Å². The summed E-state index contributed by atoms with van der Waals surface area (Å²) < 4.78 is 22.7. The second-order valence-electron chi connectivity index (χ2n) is 13.8. The van der Waals surface area contributed by atoms with Crippen LogP contribution in [0.15, 0.2) is 30.2 Å². The average molecular weight is 590 g/mol. The molecular formula is C28H47N5O3SSi2. The molecule has 0 N–H and O–H groups in total. The second kappa shape index (κ2) is 10.7. The molecule has 4 atom stereocenters. The predicted molar refractivity (Wildman–Crippen MR) is 163 cm³/mol. The summed E-state index contributed by atoms with van der Waals surface area (Å²) in [5.41, 5.74) is -0.868. The third-order valence-electron chi connectivity index (χ3n) is 9.28. The number of hydrogen-bond donors (Lipinski definition) is 0. The van der Waals surface area contributed by atoms with Crippen molar-refractivity contribution in [3.05, 3.63) is 30.9 Å². The lowest BCUT2D eigenvalue weighted by atomic mass is 9.68. The molecule has 3 rings (SSSR count). The van der Waals surface area contributed by atoms with E-state index in [4.69, 9.17) is 13.6 Å². The first kappa shape index (κ1) is 32.0. The Bertz CT molecular complexity index is 1250. The molecule has 11 heteroatoms. The maximum Gasteiger partial charge on any atom is 0.192 e. The lowest BCUT2D eigenvalue weighted by molar-refractivity contribution is -0.0900. The highest BCUT2D eigenvalue weighted by molar-refractivity contribution is 7.98. The topological polar surface area (TPSA) is 94.6 Å². The van der Waals surface area contributed by atoms with Gasteiger partial charge in [0.1, 0.15) is 28.5 Å². The summed E-state index contributed by atoms with van der Waals surface area (Å²) in [7, 11) is -4.43. The Hall–Kier alpha value is -1.56. The standard InChI is InChI=1S/C28H47N5O3SSi2/c1-14-15-28(21-16-30-23-24(37-9)31-19-32-33(21)23)27(8,18-29)22(36-39(12,13)26(5,6)7)20(35-28)17-34-38(10,11)25(2,3)4/h14,16,19-20,22H,1,15,17H2,2-13H3/t20-,22-,27-,28+/m1/s1. The third kappa shape index (κ3) is 5.40. The summed E-state index contributed by atoms with van der Waals surface area (Å²) in [5.74, 6) is 0. The smallest absolute Gasteiger partial charge is 0.192 e. The number of thioether (sulfide) groups is 1. The molecule has 1 aliphatic rings. The minimum absolute atomic E-state index is 0.0327. The van der Waals surface area contributed by atoms with E-state index in [0.29, 0.717) is 24.4 Å². The van der Waals surface area contributed by atoms with E-state index in [1.165, 1.54) is 18.1 Å². The van der Waals surface area contributed by atoms with Gasteiger partial charge in [0.2, 0.25) is 0 Å². The van der Waals surface area contributed by atoms with Crippen molar-refractivity contribution in [1.29, 1.82) is 5.26 Å². The molecule has 3 heterocycles. The van der Waals surface area contributed by atoms with Crippen LogP contribution in [0.25, 0.3) is 5.65 Å². The molecule has 8 nitrogen and oxygen atoms in total. The molecule has 1 fully saturated rings. The van der Waals surface area contributed by atoms with Gasteiger partial charge in [0, 0.05) is 6.42 Å². The van der Waals surface area contributed by atoms with E-state index in [1.807, 2.05) is 19.3 Å². The zero-order valence-electron chi connectivity index (χ0n) is 25.9. The molecule has 1 aliphatic heterocycles. The fourth-order valence-corrected chi connectivity index (χ4v) is 7.49. The molecule has 39 heavy (non-hydrogen) atoms. The average Bonchev–Trinajstić information content (AvgIpc) is 3.35. The lowest BCUT2D eigenvalue weighted by Crippen LogP contribution is -2.53. The largest absolute Gasteiger partial charge is 0.414 e. The molecular weight excluding hydrogens is 543 g/mol. The van der Waals surface area contributed by atoms with Gasteiger partial charge in [-0.1, -0.05) is 47.6 Å². The van der Waals surface area contributed by atoms with Crippen LogP contribution in [0.5, 0.6) is 0 Å². The highest BCUT2D eigenvalue weighted by Gasteiger charge is 2.67. The Balaban J connectivity index is 2.24. The molecule has 0 aromatic carbocycles. The van der Waals surface area contributed by atoms with E-state index in [-0.39, 0.29) is 10.1 Å². The van der Waals surface area contributed by atoms with Crippen LogP contribution in [-0.4, -0.2) is 61.3 Å². The van der Waals surface area contributed by atoms with E-state index in [1.54, 1.807) is 10.7 Å². The summed E-state index contributed by atoms with van der Waals surface area (Å²) in [6.45, 7) is 28.6. The maximum absolute atomic E-state index is 11.0. The van der Waals surface area contributed by atoms with E-state index in [9.17, 15) is 5.26 Å². The summed E-state index contributed by atoms with van der Waals surface area (Å²) in [6.07, 6.45) is 6.45. The van der Waals surface area contributed by atoms with Crippen molar-refractivity contribution in [3.8, 4) is 6.07 Å². The molecule has 0 bridgehead atoms. The number of fused-ring (bicyclic) bond motifs is 1. The lowest BCUT2D eigenvalue weighted by Gasteiger charge is -2.44. The molecule has 216 valence electrons. The minimum atomic E-state index is -2.32. The van der Waals surface area contributed by atoms with Crippen LogP contribution in [0.4, 0.5) is 0 Å². The molecule has 1 saturated heterocycles. The van der Waals surface area contributed by atoms with Gasteiger partial charge >= 0.3 is 0 Å². The molecule has 0 radical (unpaired) electrons. The first-order valence-corrected chi connectivity index (χ1v) is 20.6. The van der Waals surface area contributed by atoms with Crippen LogP contribution in [0, 0.1) is 16.7 Å². The van der Waals surface area contributed by atoms with Crippen molar-refractivity contribution >= 4 is 34.0 Å². The number of ether oxygens (including phenoxy) is 1. The predicted octanol–water partition coefficient (Wildman–Crippen LogP) is 6.96. The van der Waals surface area contributed by atoms with Crippen LogP contribution >= 0.6 is 11.8 Å². The number of nitriles is 1. The number of imidazole rings is 1. The molecule has 0 unspecified atom stereocenters. The van der Waals surface area contributed by atoms with Crippen LogP contribution in [0.3, 0.4) is 0 Å². The van der Waals surface area contributed by atoms with Gasteiger partial charge in [-0.3, -0.25) is 0 Å². The Labute approximate surface area is 241 Å².